The molecule has 1 aliphatic carbocycles. The molecule has 7 rings (SSSR count). The lowest BCUT2D eigenvalue weighted by atomic mass is 9.97. The molecular weight excluding hydrogens is 749 g/mol. The third kappa shape index (κ3) is 9.51. The Kier molecular flexibility index (Phi) is 13.2. The summed E-state index contributed by atoms with van der Waals surface area (Å²) in [6.07, 6.45) is 15.0. The number of anilines is 6. The Bertz CT molecular complexity index is 2390. The molecule has 0 aliphatic heterocycles. The van der Waals surface area contributed by atoms with Gasteiger partial charge in [-0.2, -0.15) is 0 Å². The molecule has 60 heavy (non-hydrogen) atoms. The first kappa shape index (κ1) is 40.9. The maximum Gasteiger partial charge on any atom is 0.128 e. The Balaban J connectivity index is 1.11. The standard InChI is InChI=1S/C52H50N2O6/c1-55-47-26-18-41(19-27-47)53(42-20-28-48(56-2)29-21-42)45-16-14-39(51(35-45)59-5)12-10-37-8-7-9-38(34-37)11-13-40-15-17-46(36-52(40)60-6)54(43-22-30-49(57-3)31-23-43)44-24-32-50(58-4)33-25-44/h8,10-36H,7,9H2,1-6H3/b12-10+,13-11+. The lowest BCUT2D eigenvalue weighted by Gasteiger charge is -2.26. The molecule has 0 unspecified atom stereocenters. The van der Waals surface area contributed by atoms with Crippen LogP contribution >= 0.6 is 0 Å². The van der Waals surface area contributed by atoms with E-state index in [0.717, 1.165) is 98.2 Å². The fraction of sp³-hybridized carbons (Fsp3) is 0.154. The Morgan fingerprint density at radius 1 is 0.383 bits per heavy atom. The minimum Gasteiger partial charge on any atom is -0.497 e. The van der Waals surface area contributed by atoms with Crippen LogP contribution in [0.3, 0.4) is 0 Å². The van der Waals surface area contributed by atoms with E-state index in [2.05, 4.69) is 82.7 Å². The van der Waals surface area contributed by atoms with Gasteiger partial charge >= 0.3 is 0 Å². The highest BCUT2D eigenvalue weighted by atomic mass is 16.5. The first-order valence-electron chi connectivity index (χ1n) is 19.7. The lowest BCUT2D eigenvalue weighted by molar-refractivity contribution is 0.414. The average molecular weight is 799 g/mol. The minimum atomic E-state index is 0.768. The Morgan fingerprint density at radius 3 is 1.08 bits per heavy atom. The van der Waals surface area contributed by atoms with Crippen LogP contribution in [0, 0.1) is 0 Å². The molecule has 0 amide bonds. The number of nitrogens with zero attached hydrogens (tertiary/aromatic N) is 2. The summed E-state index contributed by atoms with van der Waals surface area (Å²) in [4.78, 5) is 4.36. The van der Waals surface area contributed by atoms with E-state index in [1.54, 1.807) is 42.7 Å². The van der Waals surface area contributed by atoms with Crippen LogP contribution in [0.4, 0.5) is 34.1 Å². The molecule has 6 aromatic rings. The first-order valence-corrected chi connectivity index (χ1v) is 19.7. The molecule has 1 aliphatic rings. The smallest absolute Gasteiger partial charge is 0.128 e. The molecule has 0 radical (unpaired) electrons. The van der Waals surface area contributed by atoms with E-state index in [1.807, 2.05) is 97.1 Å². The van der Waals surface area contributed by atoms with Crippen molar-refractivity contribution in [3.05, 3.63) is 180 Å². The maximum atomic E-state index is 5.96. The molecule has 8 heteroatoms. The monoisotopic (exact) mass is 798 g/mol. The molecule has 0 fully saturated rings. The normalized spacial score (nSPS) is 12.4. The summed E-state index contributed by atoms with van der Waals surface area (Å²) in [7, 11) is 10.1. The zero-order chi connectivity index (χ0) is 41.8. The van der Waals surface area contributed by atoms with Crippen LogP contribution in [-0.4, -0.2) is 42.7 Å². The van der Waals surface area contributed by atoms with Crippen LogP contribution < -0.4 is 38.2 Å². The molecule has 0 bridgehead atoms. The van der Waals surface area contributed by atoms with Gasteiger partial charge in [0.05, 0.1) is 42.7 Å². The summed E-state index contributed by atoms with van der Waals surface area (Å²) < 4.78 is 33.6. The molecule has 0 aromatic heterocycles. The van der Waals surface area contributed by atoms with Gasteiger partial charge in [-0.1, -0.05) is 36.5 Å². The van der Waals surface area contributed by atoms with E-state index >= 15 is 0 Å². The third-order valence-corrected chi connectivity index (χ3v) is 10.4. The second kappa shape index (κ2) is 19.4. The van der Waals surface area contributed by atoms with Gasteiger partial charge in [0.1, 0.15) is 34.5 Å². The van der Waals surface area contributed by atoms with E-state index in [1.165, 1.54) is 5.57 Å². The van der Waals surface area contributed by atoms with Crippen molar-refractivity contribution >= 4 is 46.3 Å². The van der Waals surface area contributed by atoms with Crippen molar-refractivity contribution in [1.82, 2.24) is 0 Å². The maximum absolute atomic E-state index is 5.96. The molecular formula is C52H50N2O6. The van der Waals surface area contributed by atoms with Crippen LogP contribution in [0.2, 0.25) is 0 Å². The fourth-order valence-corrected chi connectivity index (χ4v) is 7.15. The number of hydrogen-bond donors (Lipinski definition) is 0. The molecule has 0 saturated heterocycles. The van der Waals surface area contributed by atoms with Crippen molar-refractivity contribution in [3.63, 3.8) is 0 Å². The van der Waals surface area contributed by atoms with Gasteiger partial charge in [0.15, 0.2) is 0 Å². The van der Waals surface area contributed by atoms with Crippen molar-refractivity contribution in [1.29, 1.82) is 0 Å². The summed E-state index contributed by atoms with van der Waals surface area (Å²) in [5, 5.41) is 0. The summed E-state index contributed by atoms with van der Waals surface area (Å²) >= 11 is 0. The zero-order valence-corrected chi connectivity index (χ0v) is 34.9. The van der Waals surface area contributed by atoms with E-state index < -0.39 is 0 Å². The minimum absolute atomic E-state index is 0.768. The Hall–Kier alpha value is -7.32. The number of ether oxygens (including phenoxy) is 6. The van der Waals surface area contributed by atoms with Crippen molar-refractivity contribution in [2.24, 2.45) is 0 Å². The van der Waals surface area contributed by atoms with E-state index in [4.69, 9.17) is 28.4 Å². The number of methoxy groups -OCH3 is 6. The third-order valence-electron chi connectivity index (χ3n) is 10.4. The molecule has 0 saturated carbocycles. The van der Waals surface area contributed by atoms with Crippen LogP contribution in [0.25, 0.3) is 12.2 Å². The van der Waals surface area contributed by atoms with Gasteiger partial charge in [0, 0.05) is 57.4 Å². The van der Waals surface area contributed by atoms with Crippen LogP contribution in [0.15, 0.2) is 169 Å². The average Bonchev–Trinajstić information content (AvgIpc) is 3.31. The molecule has 304 valence electrons. The number of rotatable bonds is 16. The highest BCUT2D eigenvalue weighted by molar-refractivity contribution is 5.81. The largest absolute Gasteiger partial charge is 0.497 e. The SMILES string of the molecule is COc1ccc(N(c2ccc(OC)cc2)c2ccc(/C=C/C3=CCCC(/C=C/c4ccc(N(c5ccc(OC)cc5)c5ccc(OC)cc5)cc4OC)=C3)c(OC)c2)cc1. The van der Waals surface area contributed by atoms with Gasteiger partial charge in [-0.3, -0.25) is 0 Å². The van der Waals surface area contributed by atoms with E-state index in [-0.39, 0.29) is 0 Å². The second-order valence-corrected chi connectivity index (χ2v) is 13.9. The van der Waals surface area contributed by atoms with Gasteiger partial charge < -0.3 is 38.2 Å². The summed E-state index contributed by atoms with van der Waals surface area (Å²) in [5.74, 6) is 4.72. The molecule has 0 N–H and O–H groups in total. The topological polar surface area (TPSA) is 61.9 Å². The van der Waals surface area contributed by atoms with Gasteiger partial charge in [0.2, 0.25) is 0 Å². The fourth-order valence-electron chi connectivity index (χ4n) is 7.15. The molecule has 0 heterocycles. The number of benzene rings is 6. The van der Waals surface area contributed by atoms with E-state index in [9.17, 15) is 0 Å². The van der Waals surface area contributed by atoms with Gasteiger partial charge in [-0.15, -0.1) is 0 Å². The highest BCUT2D eigenvalue weighted by Crippen LogP contribution is 2.41. The van der Waals surface area contributed by atoms with Gasteiger partial charge in [-0.05, 0) is 145 Å². The predicted molar refractivity (Wildman–Crippen MR) is 245 cm³/mol. The summed E-state index contributed by atoms with van der Waals surface area (Å²) in [6, 6.07) is 44.6. The van der Waals surface area contributed by atoms with Crippen LogP contribution in [0.5, 0.6) is 34.5 Å². The first-order chi connectivity index (χ1) is 29.4. The second-order valence-electron chi connectivity index (χ2n) is 13.9. The number of hydrogen-bond acceptors (Lipinski definition) is 8. The van der Waals surface area contributed by atoms with Crippen molar-refractivity contribution in [2.45, 2.75) is 12.8 Å². The Morgan fingerprint density at radius 2 is 0.733 bits per heavy atom. The molecule has 0 atom stereocenters. The van der Waals surface area contributed by atoms with Crippen LogP contribution in [0.1, 0.15) is 24.0 Å². The quantitative estimate of drug-likeness (QED) is 0.0959. The summed E-state index contributed by atoms with van der Waals surface area (Å²) in [6.45, 7) is 0. The molecule has 0 spiro atoms. The Labute approximate surface area is 353 Å². The van der Waals surface area contributed by atoms with Crippen molar-refractivity contribution in [2.75, 3.05) is 52.5 Å². The van der Waals surface area contributed by atoms with Gasteiger partial charge in [-0.25, -0.2) is 0 Å². The van der Waals surface area contributed by atoms with Crippen molar-refractivity contribution < 1.29 is 28.4 Å². The molecule has 6 aromatic carbocycles. The highest BCUT2D eigenvalue weighted by Gasteiger charge is 2.17. The van der Waals surface area contributed by atoms with Crippen LogP contribution in [-0.2, 0) is 0 Å². The zero-order valence-electron chi connectivity index (χ0n) is 34.9. The number of allylic oxidation sites excluding steroid dienone is 6. The van der Waals surface area contributed by atoms with Crippen molar-refractivity contribution in [3.8, 4) is 34.5 Å². The molecule has 8 nitrogen and oxygen atoms in total. The van der Waals surface area contributed by atoms with E-state index in [0.29, 0.717) is 0 Å². The lowest BCUT2D eigenvalue weighted by Crippen LogP contribution is -2.10. The predicted octanol–water partition coefficient (Wildman–Crippen LogP) is 13.1. The summed E-state index contributed by atoms with van der Waals surface area (Å²) in [5.41, 5.74) is 10.2. The van der Waals surface area contributed by atoms with Gasteiger partial charge in [0.25, 0.3) is 0 Å².